The maximum atomic E-state index is 12.7. The summed E-state index contributed by atoms with van der Waals surface area (Å²) in [5, 5.41) is 25.5. The van der Waals surface area contributed by atoms with Gasteiger partial charge in [0.05, 0.1) is 23.9 Å². The molecule has 0 radical (unpaired) electrons. The Morgan fingerprint density at radius 2 is 2.07 bits per heavy atom. The first-order chi connectivity index (χ1) is 13.5. The predicted octanol–water partition coefficient (Wildman–Crippen LogP) is 4.04. The molecule has 2 aromatic carbocycles. The largest absolute Gasteiger partial charge is 0.508 e. The lowest BCUT2D eigenvalue weighted by atomic mass is 9.94. The normalized spacial score (nSPS) is 18.5. The highest BCUT2D eigenvalue weighted by molar-refractivity contribution is 5.96. The van der Waals surface area contributed by atoms with Crippen molar-refractivity contribution in [2.24, 2.45) is 0 Å². The number of hydrogen-bond donors (Lipinski definition) is 3. The molecule has 6 nitrogen and oxygen atoms in total. The Morgan fingerprint density at radius 1 is 1.29 bits per heavy atom. The lowest BCUT2D eigenvalue weighted by Crippen LogP contribution is -2.41. The molecule has 2 aliphatic rings. The Morgan fingerprint density at radius 3 is 2.82 bits per heavy atom. The second kappa shape index (κ2) is 7.43. The monoisotopic (exact) mass is 377 g/mol. The van der Waals surface area contributed by atoms with Crippen LogP contribution in [0.3, 0.4) is 0 Å². The van der Waals surface area contributed by atoms with Crippen molar-refractivity contribution in [2.75, 3.05) is 17.2 Å². The highest BCUT2D eigenvalue weighted by atomic mass is 16.5. The number of hydrogen-bond acceptors (Lipinski definition) is 5. The van der Waals surface area contributed by atoms with Gasteiger partial charge in [-0.3, -0.25) is 4.79 Å². The summed E-state index contributed by atoms with van der Waals surface area (Å²) in [7, 11) is 0. The summed E-state index contributed by atoms with van der Waals surface area (Å²) in [4.78, 5) is 12.7. The molecule has 1 saturated carbocycles. The van der Waals surface area contributed by atoms with E-state index in [1.54, 1.807) is 24.3 Å². The average Bonchev–Trinajstić information content (AvgIpc) is 3.24. The fraction of sp³-hybridized carbons (Fsp3) is 0.364. The Kier molecular flexibility index (Phi) is 4.82. The zero-order chi connectivity index (χ0) is 19.7. The van der Waals surface area contributed by atoms with Crippen molar-refractivity contribution in [1.82, 2.24) is 0 Å². The van der Waals surface area contributed by atoms with E-state index in [1.165, 1.54) is 12.8 Å². The van der Waals surface area contributed by atoms with Gasteiger partial charge >= 0.3 is 0 Å². The van der Waals surface area contributed by atoms with E-state index in [1.807, 2.05) is 13.0 Å². The number of nitrogens with zero attached hydrogens (tertiary/aromatic N) is 1. The van der Waals surface area contributed by atoms with Crippen molar-refractivity contribution in [2.45, 2.75) is 44.6 Å². The van der Waals surface area contributed by atoms with Gasteiger partial charge in [-0.05, 0) is 55.0 Å². The fourth-order valence-electron chi connectivity index (χ4n) is 4.01. The van der Waals surface area contributed by atoms with Crippen molar-refractivity contribution < 1.29 is 14.6 Å². The third-order valence-corrected chi connectivity index (χ3v) is 5.57. The highest BCUT2D eigenvalue weighted by Crippen LogP contribution is 2.40. The van der Waals surface area contributed by atoms with E-state index in [-0.39, 0.29) is 11.7 Å². The van der Waals surface area contributed by atoms with E-state index in [0.717, 1.165) is 24.0 Å². The molecule has 1 heterocycles. The van der Waals surface area contributed by atoms with Gasteiger partial charge < -0.3 is 20.5 Å². The molecule has 0 bridgehead atoms. The summed E-state index contributed by atoms with van der Waals surface area (Å²) in [5.74, 6) is 0.911. The minimum absolute atomic E-state index is 0.241. The van der Waals surface area contributed by atoms with Gasteiger partial charge in [0.2, 0.25) is 0 Å². The standard InChI is InChI=1S/C22H23N3O3/c1-13-8-16(15-4-2-3-5-15)19(26)10-17(13)25-22(27)21-12-24-18-9-14(11-23)6-7-20(18)28-21/h6-10,15,21,24,26H,2-5,12H2,1H3,(H,25,27). The molecule has 144 valence electrons. The van der Waals surface area contributed by atoms with Gasteiger partial charge in [-0.1, -0.05) is 18.9 Å². The molecule has 3 N–H and O–H groups in total. The quantitative estimate of drug-likeness (QED) is 0.750. The number of carbonyl (C=O) groups excluding carboxylic acids is 1. The molecule has 1 fully saturated rings. The molecule has 2 aromatic rings. The van der Waals surface area contributed by atoms with E-state index in [0.29, 0.717) is 35.2 Å². The minimum atomic E-state index is -0.698. The maximum absolute atomic E-state index is 12.7. The number of aryl methyl sites for hydroxylation is 1. The Labute approximate surface area is 164 Å². The topological polar surface area (TPSA) is 94.4 Å². The zero-order valence-electron chi connectivity index (χ0n) is 15.8. The number of carbonyl (C=O) groups is 1. The number of benzene rings is 2. The summed E-state index contributed by atoms with van der Waals surface area (Å²) < 4.78 is 5.79. The van der Waals surface area contributed by atoms with Crippen LogP contribution in [0.5, 0.6) is 11.5 Å². The molecule has 28 heavy (non-hydrogen) atoms. The molecule has 1 atom stereocenters. The van der Waals surface area contributed by atoms with Crippen molar-refractivity contribution >= 4 is 17.3 Å². The van der Waals surface area contributed by atoms with Crippen LogP contribution in [0.4, 0.5) is 11.4 Å². The zero-order valence-corrected chi connectivity index (χ0v) is 15.8. The molecule has 1 unspecified atom stereocenters. The van der Waals surface area contributed by atoms with Crippen LogP contribution in [-0.4, -0.2) is 23.7 Å². The SMILES string of the molecule is Cc1cc(C2CCCC2)c(O)cc1NC(=O)C1CNc2cc(C#N)ccc2O1. The summed E-state index contributed by atoms with van der Waals surface area (Å²) in [5.41, 5.74) is 3.74. The van der Waals surface area contributed by atoms with Crippen LogP contribution in [0.1, 0.15) is 48.3 Å². The second-order valence-corrected chi connectivity index (χ2v) is 7.51. The highest BCUT2D eigenvalue weighted by Gasteiger charge is 2.27. The van der Waals surface area contributed by atoms with Crippen LogP contribution in [0.25, 0.3) is 0 Å². The lowest BCUT2D eigenvalue weighted by molar-refractivity contribution is -0.122. The Balaban J connectivity index is 1.48. The number of ether oxygens (including phenoxy) is 1. The van der Waals surface area contributed by atoms with Crippen LogP contribution < -0.4 is 15.4 Å². The number of nitrogens with one attached hydrogen (secondary N) is 2. The Bertz CT molecular complexity index is 958. The minimum Gasteiger partial charge on any atom is -0.508 e. The van der Waals surface area contributed by atoms with E-state index in [2.05, 4.69) is 16.7 Å². The number of rotatable bonds is 3. The molecule has 6 heteroatoms. The molecular formula is C22H23N3O3. The van der Waals surface area contributed by atoms with Crippen molar-refractivity contribution in [3.63, 3.8) is 0 Å². The van der Waals surface area contributed by atoms with E-state index < -0.39 is 6.10 Å². The molecule has 0 spiro atoms. The van der Waals surface area contributed by atoms with E-state index in [4.69, 9.17) is 10.00 Å². The molecule has 0 saturated heterocycles. The number of phenols is 1. The van der Waals surface area contributed by atoms with Crippen LogP contribution >= 0.6 is 0 Å². The summed E-state index contributed by atoms with van der Waals surface area (Å²) in [6.07, 6.45) is 3.91. The number of aromatic hydroxyl groups is 1. The number of phenolic OH excluding ortho intramolecular Hbond substituents is 1. The Hall–Kier alpha value is -3.20. The third kappa shape index (κ3) is 3.48. The van der Waals surface area contributed by atoms with Gasteiger partial charge in [-0.25, -0.2) is 0 Å². The van der Waals surface area contributed by atoms with Crippen molar-refractivity contribution in [1.29, 1.82) is 5.26 Å². The predicted molar refractivity (Wildman–Crippen MR) is 107 cm³/mol. The van der Waals surface area contributed by atoms with Gasteiger partial charge in [-0.15, -0.1) is 0 Å². The number of anilines is 2. The van der Waals surface area contributed by atoms with Gasteiger partial charge in [-0.2, -0.15) is 5.26 Å². The molecule has 1 aliphatic carbocycles. The smallest absolute Gasteiger partial charge is 0.267 e. The number of nitriles is 1. The van der Waals surface area contributed by atoms with Crippen molar-refractivity contribution in [3.8, 4) is 17.6 Å². The van der Waals surface area contributed by atoms with E-state index in [9.17, 15) is 9.90 Å². The van der Waals surface area contributed by atoms with Gasteiger partial charge in [0, 0.05) is 11.8 Å². The van der Waals surface area contributed by atoms with Crippen LogP contribution in [0, 0.1) is 18.3 Å². The molecule has 0 aromatic heterocycles. The molecular weight excluding hydrogens is 354 g/mol. The number of amides is 1. The van der Waals surface area contributed by atoms with Gasteiger partial charge in [0.25, 0.3) is 5.91 Å². The van der Waals surface area contributed by atoms with Crippen LogP contribution in [-0.2, 0) is 4.79 Å². The average molecular weight is 377 g/mol. The van der Waals surface area contributed by atoms with Crippen molar-refractivity contribution in [3.05, 3.63) is 47.0 Å². The fourth-order valence-corrected chi connectivity index (χ4v) is 4.01. The first-order valence-corrected chi connectivity index (χ1v) is 9.64. The maximum Gasteiger partial charge on any atom is 0.267 e. The third-order valence-electron chi connectivity index (χ3n) is 5.57. The first-order valence-electron chi connectivity index (χ1n) is 9.64. The number of fused-ring (bicyclic) bond motifs is 1. The summed E-state index contributed by atoms with van der Waals surface area (Å²) in [6.45, 7) is 2.24. The molecule has 1 aliphatic heterocycles. The van der Waals surface area contributed by atoms with Crippen LogP contribution in [0.2, 0.25) is 0 Å². The van der Waals surface area contributed by atoms with Gasteiger partial charge in [0.15, 0.2) is 6.10 Å². The van der Waals surface area contributed by atoms with E-state index >= 15 is 0 Å². The molecule has 1 amide bonds. The van der Waals surface area contributed by atoms with Gasteiger partial charge in [0.1, 0.15) is 11.5 Å². The summed E-state index contributed by atoms with van der Waals surface area (Å²) >= 11 is 0. The summed E-state index contributed by atoms with van der Waals surface area (Å²) in [6, 6.07) is 10.8. The first kappa shape index (κ1) is 18.2. The second-order valence-electron chi connectivity index (χ2n) is 7.51. The lowest BCUT2D eigenvalue weighted by Gasteiger charge is -2.27. The van der Waals surface area contributed by atoms with Crippen LogP contribution in [0.15, 0.2) is 30.3 Å². The molecule has 4 rings (SSSR count).